The van der Waals surface area contributed by atoms with E-state index >= 15 is 0 Å². The third-order valence-electron chi connectivity index (χ3n) is 5.35. The standard InChI is InChI=1S/C24H26O/c1-18(23-14-9-15-24(23)19(2)25)22(21-12-7-4-8-13-21)17-16-20-10-5-3-6-11-20/h3-8,10-13,16-17,23-24H,9,14-15H2,1-2H3/b17-16+,22-18+. The van der Waals surface area contributed by atoms with Crippen LogP contribution < -0.4 is 0 Å². The molecule has 1 fully saturated rings. The molecular weight excluding hydrogens is 304 g/mol. The van der Waals surface area contributed by atoms with Gasteiger partial charge in [0.2, 0.25) is 0 Å². The average Bonchev–Trinajstić information content (AvgIpc) is 3.14. The van der Waals surface area contributed by atoms with Gasteiger partial charge in [0.05, 0.1) is 0 Å². The smallest absolute Gasteiger partial charge is 0.133 e. The summed E-state index contributed by atoms with van der Waals surface area (Å²) < 4.78 is 0. The number of hydrogen-bond donors (Lipinski definition) is 0. The van der Waals surface area contributed by atoms with Crippen molar-refractivity contribution in [1.82, 2.24) is 0 Å². The summed E-state index contributed by atoms with van der Waals surface area (Å²) >= 11 is 0. The summed E-state index contributed by atoms with van der Waals surface area (Å²) in [5.74, 6) is 0.887. The van der Waals surface area contributed by atoms with Gasteiger partial charge in [-0.15, -0.1) is 0 Å². The van der Waals surface area contributed by atoms with Gasteiger partial charge in [-0.1, -0.05) is 84.8 Å². The fraction of sp³-hybridized carbons (Fsp3) is 0.292. The first-order valence-electron chi connectivity index (χ1n) is 9.16. The van der Waals surface area contributed by atoms with Crippen LogP contribution in [0, 0.1) is 11.8 Å². The monoisotopic (exact) mass is 330 g/mol. The lowest BCUT2D eigenvalue weighted by Gasteiger charge is -2.21. The highest BCUT2D eigenvalue weighted by Gasteiger charge is 2.32. The summed E-state index contributed by atoms with van der Waals surface area (Å²) in [7, 11) is 0. The Labute approximate surface area is 151 Å². The molecule has 1 nitrogen and oxygen atoms in total. The zero-order valence-electron chi connectivity index (χ0n) is 15.1. The molecule has 3 rings (SSSR count). The summed E-state index contributed by atoms with van der Waals surface area (Å²) in [6.45, 7) is 3.96. The van der Waals surface area contributed by atoms with E-state index in [0.717, 1.165) is 19.3 Å². The first-order chi connectivity index (χ1) is 12.2. The van der Waals surface area contributed by atoms with Crippen LogP contribution in [0.1, 0.15) is 44.2 Å². The largest absolute Gasteiger partial charge is 0.300 e. The molecule has 1 saturated carbocycles. The molecule has 0 N–H and O–H groups in total. The maximum Gasteiger partial charge on any atom is 0.133 e. The molecule has 25 heavy (non-hydrogen) atoms. The van der Waals surface area contributed by atoms with Gasteiger partial charge < -0.3 is 0 Å². The summed E-state index contributed by atoms with van der Waals surface area (Å²) in [6, 6.07) is 20.9. The van der Waals surface area contributed by atoms with Gasteiger partial charge >= 0.3 is 0 Å². The second-order valence-electron chi connectivity index (χ2n) is 6.96. The van der Waals surface area contributed by atoms with Gasteiger partial charge in [0, 0.05) is 5.92 Å². The van der Waals surface area contributed by atoms with Crippen molar-refractivity contribution in [2.24, 2.45) is 11.8 Å². The van der Waals surface area contributed by atoms with E-state index in [4.69, 9.17) is 0 Å². The molecule has 0 spiro atoms. The first-order valence-corrected chi connectivity index (χ1v) is 9.16. The lowest BCUT2D eigenvalue weighted by molar-refractivity contribution is -0.121. The van der Waals surface area contributed by atoms with Crippen LogP contribution >= 0.6 is 0 Å². The highest BCUT2D eigenvalue weighted by Crippen LogP contribution is 2.40. The maximum atomic E-state index is 12.1. The molecule has 1 heteroatoms. The molecule has 2 aromatic rings. The summed E-state index contributed by atoms with van der Waals surface area (Å²) in [5, 5.41) is 0. The predicted octanol–water partition coefficient (Wildman–Crippen LogP) is 6.18. The van der Waals surface area contributed by atoms with E-state index in [1.807, 2.05) is 12.1 Å². The van der Waals surface area contributed by atoms with Crippen molar-refractivity contribution in [2.45, 2.75) is 33.1 Å². The van der Waals surface area contributed by atoms with Crippen LogP contribution in [0.3, 0.4) is 0 Å². The maximum absolute atomic E-state index is 12.1. The Morgan fingerprint density at radius 1 is 0.880 bits per heavy atom. The van der Waals surface area contributed by atoms with Crippen LogP contribution in [-0.4, -0.2) is 5.78 Å². The highest BCUT2D eigenvalue weighted by molar-refractivity contribution is 5.83. The quantitative estimate of drug-likeness (QED) is 0.598. The topological polar surface area (TPSA) is 17.1 Å². The molecule has 0 aromatic heterocycles. The Morgan fingerprint density at radius 3 is 2.12 bits per heavy atom. The van der Waals surface area contributed by atoms with Gasteiger partial charge in [0.1, 0.15) is 5.78 Å². The molecule has 1 aliphatic rings. The number of hydrogen-bond acceptors (Lipinski definition) is 1. The van der Waals surface area contributed by atoms with E-state index in [1.54, 1.807) is 6.92 Å². The lowest BCUT2D eigenvalue weighted by atomic mass is 9.83. The fourth-order valence-electron chi connectivity index (χ4n) is 3.98. The lowest BCUT2D eigenvalue weighted by Crippen LogP contribution is -2.17. The van der Waals surface area contributed by atoms with E-state index in [0.29, 0.717) is 11.7 Å². The third kappa shape index (κ3) is 4.17. The zero-order chi connectivity index (χ0) is 17.6. The van der Waals surface area contributed by atoms with Crippen molar-refractivity contribution < 1.29 is 4.79 Å². The number of ketones is 1. The van der Waals surface area contributed by atoms with E-state index < -0.39 is 0 Å². The first kappa shape index (κ1) is 17.4. The molecule has 0 amide bonds. The number of rotatable bonds is 5. The minimum atomic E-state index is 0.184. The highest BCUT2D eigenvalue weighted by atomic mass is 16.1. The molecule has 2 aromatic carbocycles. The molecule has 0 radical (unpaired) electrons. The van der Waals surface area contributed by atoms with Crippen LogP contribution in [-0.2, 0) is 4.79 Å². The van der Waals surface area contributed by atoms with Gasteiger partial charge in [-0.25, -0.2) is 0 Å². The van der Waals surface area contributed by atoms with Crippen molar-refractivity contribution in [2.75, 3.05) is 0 Å². The van der Waals surface area contributed by atoms with Gasteiger partial charge in [-0.2, -0.15) is 0 Å². The Bertz CT molecular complexity index is 768. The summed E-state index contributed by atoms with van der Waals surface area (Å²) in [4.78, 5) is 12.1. The van der Waals surface area contributed by atoms with Crippen molar-refractivity contribution in [3.63, 3.8) is 0 Å². The summed E-state index contributed by atoms with van der Waals surface area (Å²) in [6.07, 6.45) is 7.68. The Hall–Kier alpha value is -2.41. The van der Waals surface area contributed by atoms with Crippen LogP contribution in [0.25, 0.3) is 11.6 Å². The van der Waals surface area contributed by atoms with Crippen LogP contribution in [0.5, 0.6) is 0 Å². The third-order valence-corrected chi connectivity index (χ3v) is 5.35. The van der Waals surface area contributed by atoms with Gasteiger partial charge in [-0.05, 0) is 49.3 Å². The molecule has 128 valence electrons. The Balaban J connectivity index is 2.01. The number of carbonyl (C=O) groups excluding carboxylic acids is 1. The molecule has 2 atom stereocenters. The van der Waals surface area contributed by atoms with Gasteiger partial charge in [0.25, 0.3) is 0 Å². The second-order valence-corrected chi connectivity index (χ2v) is 6.96. The van der Waals surface area contributed by atoms with Crippen LogP contribution in [0.4, 0.5) is 0 Å². The van der Waals surface area contributed by atoms with Crippen molar-refractivity contribution in [1.29, 1.82) is 0 Å². The summed E-state index contributed by atoms with van der Waals surface area (Å²) in [5.41, 5.74) is 5.01. The molecule has 1 aliphatic carbocycles. The van der Waals surface area contributed by atoms with Crippen LogP contribution in [0.15, 0.2) is 72.3 Å². The van der Waals surface area contributed by atoms with E-state index in [1.165, 1.54) is 22.3 Å². The van der Waals surface area contributed by atoms with E-state index in [9.17, 15) is 4.79 Å². The number of allylic oxidation sites excluding steroid dienone is 3. The molecule has 0 heterocycles. The van der Waals surface area contributed by atoms with E-state index in [2.05, 4.69) is 67.6 Å². The number of carbonyl (C=O) groups is 1. The minimum Gasteiger partial charge on any atom is -0.300 e. The minimum absolute atomic E-state index is 0.184. The van der Waals surface area contributed by atoms with Crippen molar-refractivity contribution in [3.05, 3.63) is 83.4 Å². The van der Waals surface area contributed by atoms with Crippen molar-refractivity contribution in [3.8, 4) is 0 Å². The predicted molar refractivity (Wildman–Crippen MR) is 106 cm³/mol. The Morgan fingerprint density at radius 2 is 1.48 bits per heavy atom. The average molecular weight is 330 g/mol. The second kappa shape index (κ2) is 8.11. The van der Waals surface area contributed by atoms with Gasteiger partial charge in [0.15, 0.2) is 0 Å². The SMILES string of the molecule is CC(=O)C1CCCC1/C(C)=C(\C=C\c1ccccc1)c1ccccc1. The number of Topliss-reactive ketones (excluding diaryl/α,β-unsaturated/α-hetero) is 1. The Kier molecular flexibility index (Phi) is 5.65. The normalized spacial score (nSPS) is 21.4. The number of benzene rings is 2. The zero-order valence-corrected chi connectivity index (χ0v) is 15.1. The molecule has 0 aliphatic heterocycles. The fourth-order valence-corrected chi connectivity index (χ4v) is 3.98. The molecule has 0 saturated heterocycles. The molecular formula is C24H26O. The molecule has 0 bridgehead atoms. The van der Waals surface area contributed by atoms with Gasteiger partial charge in [-0.3, -0.25) is 4.79 Å². The van der Waals surface area contributed by atoms with E-state index in [-0.39, 0.29) is 5.92 Å². The van der Waals surface area contributed by atoms with Crippen LogP contribution in [0.2, 0.25) is 0 Å². The van der Waals surface area contributed by atoms with Crippen molar-refractivity contribution >= 4 is 17.4 Å². The molecule has 2 unspecified atom stereocenters.